The normalized spacial score (nSPS) is 12.5. The van der Waals surface area contributed by atoms with Crippen LogP contribution < -0.4 is 20.9 Å². The van der Waals surface area contributed by atoms with Gasteiger partial charge in [0.25, 0.3) is 5.56 Å². The molecule has 0 aliphatic heterocycles. The lowest BCUT2D eigenvalue weighted by Crippen LogP contribution is -2.44. The van der Waals surface area contributed by atoms with Crippen LogP contribution in [0.5, 0.6) is 0 Å². The zero-order chi connectivity index (χ0) is 26.7. The second-order valence-electron chi connectivity index (χ2n) is 8.33. The second-order valence-corrected chi connectivity index (χ2v) is 10.0. The fourth-order valence-corrected chi connectivity index (χ4v) is 4.19. The first-order valence-corrected chi connectivity index (χ1v) is 12.7. The standard InChI is InChI=1S/C23H30N4O8S/c1-16(2)9-11-24-20(28)14-27-12-5-7-19(23(27)32)25-22(31)18(6-3-4-8-21(29)30)26-36(33,34)17-10-13-35-15-17/h4-5,7-8,10,12-13,15-16,18,26H,3,6,9,11,14H2,1-2H3,(H,24,28)(H,25,31)(H,29,30). The average molecular weight is 523 g/mol. The van der Waals surface area contributed by atoms with E-state index < -0.39 is 33.5 Å². The van der Waals surface area contributed by atoms with Crippen LogP contribution >= 0.6 is 0 Å². The van der Waals surface area contributed by atoms with E-state index in [1.807, 2.05) is 13.8 Å². The van der Waals surface area contributed by atoms with Crippen molar-refractivity contribution in [2.45, 2.75) is 50.6 Å². The van der Waals surface area contributed by atoms with Crippen LogP contribution in [0.3, 0.4) is 0 Å². The topological polar surface area (TPSA) is 177 Å². The summed E-state index contributed by atoms with van der Waals surface area (Å²) in [7, 11) is -4.14. The molecule has 0 aliphatic rings. The number of aromatic nitrogens is 1. The van der Waals surface area contributed by atoms with E-state index >= 15 is 0 Å². The summed E-state index contributed by atoms with van der Waals surface area (Å²) in [5, 5.41) is 13.9. The first kappa shape index (κ1) is 28.5. The maximum atomic E-state index is 12.9. The summed E-state index contributed by atoms with van der Waals surface area (Å²) in [5.74, 6) is -1.97. The molecule has 2 amide bonds. The molecule has 0 saturated heterocycles. The first-order valence-electron chi connectivity index (χ1n) is 11.2. The van der Waals surface area contributed by atoms with E-state index in [4.69, 9.17) is 9.52 Å². The first-order chi connectivity index (χ1) is 17.0. The predicted molar refractivity (Wildman–Crippen MR) is 131 cm³/mol. The molecule has 2 aromatic rings. The van der Waals surface area contributed by atoms with Crippen molar-refractivity contribution in [2.75, 3.05) is 11.9 Å². The molecule has 2 rings (SSSR count). The van der Waals surface area contributed by atoms with Crippen molar-refractivity contribution < 1.29 is 32.3 Å². The molecule has 12 nitrogen and oxygen atoms in total. The Bertz CT molecular complexity index is 1230. The zero-order valence-corrected chi connectivity index (χ0v) is 20.8. The largest absolute Gasteiger partial charge is 0.478 e. The lowest BCUT2D eigenvalue weighted by molar-refractivity contribution is -0.131. The molecule has 1 atom stereocenters. The van der Waals surface area contributed by atoms with Gasteiger partial charge in [0.15, 0.2) is 0 Å². The van der Waals surface area contributed by atoms with Gasteiger partial charge in [-0.25, -0.2) is 13.2 Å². The number of hydrogen-bond donors (Lipinski definition) is 4. The van der Waals surface area contributed by atoms with Crippen LogP contribution in [-0.2, 0) is 31.0 Å². The number of allylic oxidation sites excluding steroid dienone is 1. The van der Waals surface area contributed by atoms with E-state index in [0.29, 0.717) is 12.5 Å². The minimum absolute atomic E-state index is 0.0634. The third-order valence-corrected chi connectivity index (χ3v) is 6.39. The molecule has 13 heteroatoms. The molecule has 196 valence electrons. The van der Waals surface area contributed by atoms with Gasteiger partial charge in [0.2, 0.25) is 21.8 Å². The van der Waals surface area contributed by atoms with Crippen molar-refractivity contribution in [3.63, 3.8) is 0 Å². The molecule has 1 unspecified atom stereocenters. The van der Waals surface area contributed by atoms with Gasteiger partial charge in [-0.3, -0.25) is 14.4 Å². The van der Waals surface area contributed by atoms with Crippen molar-refractivity contribution in [3.8, 4) is 0 Å². The number of rotatable bonds is 14. The molecule has 0 fully saturated rings. The van der Waals surface area contributed by atoms with Crippen molar-refractivity contribution in [2.24, 2.45) is 5.92 Å². The minimum atomic E-state index is -4.14. The Morgan fingerprint density at radius 3 is 2.58 bits per heavy atom. The van der Waals surface area contributed by atoms with Crippen molar-refractivity contribution >= 4 is 33.5 Å². The van der Waals surface area contributed by atoms with Crippen molar-refractivity contribution in [1.82, 2.24) is 14.6 Å². The number of anilines is 1. The monoisotopic (exact) mass is 522 g/mol. The van der Waals surface area contributed by atoms with Crippen molar-refractivity contribution in [3.05, 3.63) is 59.4 Å². The summed E-state index contributed by atoms with van der Waals surface area (Å²) in [6, 6.07) is 2.66. The summed E-state index contributed by atoms with van der Waals surface area (Å²) in [6.07, 6.45) is 6.46. The van der Waals surface area contributed by atoms with Gasteiger partial charge >= 0.3 is 5.97 Å². The predicted octanol–water partition coefficient (Wildman–Crippen LogP) is 1.31. The number of carboxylic acid groups (broad SMARTS) is 1. The van der Waals surface area contributed by atoms with Gasteiger partial charge in [0, 0.05) is 18.8 Å². The number of amides is 2. The Kier molecular flexibility index (Phi) is 10.6. The summed E-state index contributed by atoms with van der Waals surface area (Å²) in [5.41, 5.74) is -0.793. The lowest BCUT2D eigenvalue weighted by Gasteiger charge is -2.18. The molecule has 0 bridgehead atoms. The minimum Gasteiger partial charge on any atom is -0.478 e. The molecule has 2 heterocycles. The molecular weight excluding hydrogens is 492 g/mol. The number of pyridine rings is 1. The van der Waals surface area contributed by atoms with E-state index in [1.54, 1.807) is 0 Å². The third-order valence-electron chi connectivity index (χ3n) is 4.94. The molecular formula is C23H30N4O8S. The number of nitrogens with one attached hydrogen (secondary N) is 3. The van der Waals surface area contributed by atoms with Gasteiger partial charge in [-0.05, 0) is 43.4 Å². The number of sulfonamides is 1. The molecule has 4 N–H and O–H groups in total. The number of hydrogen-bond acceptors (Lipinski definition) is 7. The Hall–Kier alpha value is -3.71. The summed E-state index contributed by atoms with van der Waals surface area (Å²) < 4.78 is 33.4. The number of aliphatic carboxylic acids is 1. The van der Waals surface area contributed by atoms with Crippen LogP contribution in [0.2, 0.25) is 0 Å². The van der Waals surface area contributed by atoms with Crippen LogP contribution in [0.15, 0.2) is 63.2 Å². The number of carbonyl (C=O) groups excluding carboxylic acids is 2. The SMILES string of the molecule is CC(C)CCNC(=O)Cn1cccc(NC(=O)C(CCC=CC(=O)O)NS(=O)(=O)c2ccoc2)c1=O. The molecule has 0 aromatic carbocycles. The van der Waals surface area contributed by atoms with Crippen LogP contribution in [0, 0.1) is 5.92 Å². The van der Waals surface area contributed by atoms with Gasteiger partial charge in [-0.15, -0.1) is 0 Å². The van der Waals surface area contributed by atoms with E-state index in [1.165, 1.54) is 30.5 Å². The highest BCUT2D eigenvalue weighted by atomic mass is 32.2. The third kappa shape index (κ3) is 9.15. The fraction of sp³-hybridized carbons (Fsp3) is 0.391. The highest BCUT2D eigenvalue weighted by Crippen LogP contribution is 2.12. The summed E-state index contributed by atoms with van der Waals surface area (Å²) >= 11 is 0. The smallest absolute Gasteiger partial charge is 0.327 e. The van der Waals surface area contributed by atoms with E-state index in [2.05, 4.69) is 15.4 Å². The molecule has 2 aromatic heterocycles. The zero-order valence-electron chi connectivity index (χ0n) is 20.0. The molecule has 0 spiro atoms. The highest BCUT2D eigenvalue weighted by Gasteiger charge is 2.26. The Morgan fingerprint density at radius 1 is 1.19 bits per heavy atom. The molecule has 0 aliphatic carbocycles. The van der Waals surface area contributed by atoms with Crippen LogP contribution in [0.25, 0.3) is 0 Å². The maximum Gasteiger partial charge on any atom is 0.327 e. The number of carboxylic acids is 1. The lowest BCUT2D eigenvalue weighted by atomic mass is 10.1. The number of nitrogens with zero attached hydrogens (tertiary/aromatic N) is 1. The Morgan fingerprint density at radius 2 is 1.94 bits per heavy atom. The molecule has 36 heavy (non-hydrogen) atoms. The number of carbonyl (C=O) groups is 3. The Balaban J connectivity index is 2.16. The second kappa shape index (κ2) is 13.4. The molecule has 0 radical (unpaired) electrons. The van der Waals surface area contributed by atoms with Gasteiger partial charge in [-0.1, -0.05) is 19.9 Å². The van der Waals surface area contributed by atoms with Gasteiger partial charge in [-0.2, -0.15) is 4.72 Å². The summed E-state index contributed by atoms with van der Waals surface area (Å²) in [6.45, 7) is 4.26. The van der Waals surface area contributed by atoms with E-state index in [0.717, 1.165) is 29.6 Å². The fourth-order valence-electron chi connectivity index (χ4n) is 3.04. The Labute approximate surface area is 208 Å². The van der Waals surface area contributed by atoms with E-state index in [-0.39, 0.29) is 35.9 Å². The highest BCUT2D eigenvalue weighted by molar-refractivity contribution is 7.89. The van der Waals surface area contributed by atoms with Gasteiger partial charge in [0.05, 0.1) is 6.26 Å². The van der Waals surface area contributed by atoms with E-state index in [9.17, 15) is 27.6 Å². The van der Waals surface area contributed by atoms with Crippen LogP contribution in [-0.4, -0.2) is 48.5 Å². The van der Waals surface area contributed by atoms with Crippen molar-refractivity contribution in [1.29, 1.82) is 0 Å². The van der Waals surface area contributed by atoms with Crippen LogP contribution in [0.4, 0.5) is 5.69 Å². The maximum absolute atomic E-state index is 12.9. The summed E-state index contributed by atoms with van der Waals surface area (Å²) in [4.78, 5) is 48.4. The quantitative estimate of drug-likeness (QED) is 0.268. The molecule has 0 saturated carbocycles. The van der Waals surface area contributed by atoms with Gasteiger partial charge in [0.1, 0.15) is 29.4 Å². The van der Waals surface area contributed by atoms with Crippen LogP contribution in [0.1, 0.15) is 33.1 Å². The van der Waals surface area contributed by atoms with Gasteiger partial charge < -0.3 is 24.7 Å². The average Bonchev–Trinajstić information content (AvgIpc) is 3.34. The number of furan rings is 1.